The molecule has 0 fully saturated rings. The fraction of sp³-hybridized carbons (Fsp3) is 0. The van der Waals surface area contributed by atoms with E-state index in [0.29, 0.717) is 11.5 Å². The molecule has 0 unspecified atom stereocenters. The molecule has 7 heteroatoms. The zero-order chi connectivity index (χ0) is 7.84. The van der Waals surface area contributed by atoms with E-state index < -0.39 is 0 Å². The number of nitrogens with one attached hydrogen (secondary N) is 3. The van der Waals surface area contributed by atoms with Gasteiger partial charge in [-0.3, -0.25) is 15.6 Å². The Morgan fingerprint density at radius 2 is 2.36 bits per heavy atom. The topological polar surface area (TPSA) is 99.1 Å². The smallest absolute Gasteiger partial charge is 0.288 e. The van der Waals surface area contributed by atoms with Gasteiger partial charge in [0.1, 0.15) is 0 Å². The van der Waals surface area contributed by atoms with Crippen molar-refractivity contribution in [3.05, 3.63) is 12.0 Å². The number of nitrogens with two attached hydrogens (primary N) is 1. The Bertz CT molecular complexity index is 293. The lowest BCUT2D eigenvalue weighted by Gasteiger charge is -2.22. The molecule has 0 saturated carbocycles. The number of aromatic nitrogens is 2. The summed E-state index contributed by atoms with van der Waals surface area (Å²) in [6.45, 7) is 0. The van der Waals surface area contributed by atoms with Crippen molar-refractivity contribution in [3.8, 4) is 0 Å². The summed E-state index contributed by atoms with van der Waals surface area (Å²) in [5, 5.41) is 0.950. The lowest BCUT2D eigenvalue weighted by Crippen LogP contribution is -2.54. The minimum Gasteiger partial charge on any atom is -0.339 e. The summed E-state index contributed by atoms with van der Waals surface area (Å²) in [6.07, 6.45) is 1.41. The average Bonchev–Trinajstić information content (AvgIpc) is 2.34. The maximum Gasteiger partial charge on any atom is 0.288 e. The van der Waals surface area contributed by atoms with Gasteiger partial charge in [0.05, 0.1) is 6.33 Å². The zero-order valence-electron chi connectivity index (χ0n) is 5.46. The fourth-order valence-electron chi connectivity index (χ4n) is 0.859. The number of carbonyl (C=O) groups is 1. The molecule has 7 nitrogen and oxygen atoms in total. The summed E-state index contributed by atoms with van der Waals surface area (Å²) in [5.41, 5.74) is 5.30. The number of fused-ring (bicyclic) bond motifs is 1. The van der Waals surface area contributed by atoms with E-state index in [1.54, 1.807) is 0 Å². The Labute approximate surface area is 61.5 Å². The van der Waals surface area contributed by atoms with Gasteiger partial charge in [0.2, 0.25) is 0 Å². The van der Waals surface area contributed by atoms with Gasteiger partial charge in [-0.05, 0) is 0 Å². The second-order valence-electron chi connectivity index (χ2n) is 2.05. The minimum absolute atomic E-state index is 0.307. The van der Waals surface area contributed by atoms with Crippen LogP contribution < -0.4 is 16.7 Å². The Morgan fingerprint density at radius 1 is 1.55 bits per heavy atom. The van der Waals surface area contributed by atoms with E-state index in [2.05, 4.69) is 20.8 Å². The first-order chi connectivity index (χ1) is 5.27. The van der Waals surface area contributed by atoms with Crippen molar-refractivity contribution in [1.29, 1.82) is 0 Å². The van der Waals surface area contributed by atoms with Crippen LogP contribution in [0.5, 0.6) is 0 Å². The van der Waals surface area contributed by atoms with Crippen molar-refractivity contribution in [2.45, 2.75) is 0 Å². The molecular formula is C4H6N6O. The van der Waals surface area contributed by atoms with Crippen LogP contribution in [0.4, 0.5) is 5.82 Å². The molecule has 0 saturated heterocycles. The largest absolute Gasteiger partial charge is 0.339 e. The second kappa shape index (κ2) is 1.94. The van der Waals surface area contributed by atoms with Crippen molar-refractivity contribution in [2.24, 2.45) is 5.84 Å². The van der Waals surface area contributed by atoms with Crippen molar-refractivity contribution in [2.75, 3.05) is 5.43 Å². The van der Waals surface area contributed by atoms with Crippen molar-refractivity contribution in [3.63, 3.8) is 0 Å². The average molecular weight is 154 g/mol. The van der Waals surface area contributed by atoms with Gasteiger partial charge in [0.25, 0.3) is 5.91 Å². The van der Waals surface area contributed by atoms with Gasteiger partial charge in [-0.2, -0.15) is 0 Å². The van der Waals surface area contributed by atoms with Gasteiger partial charge in [-0.25, -0.2) is 10.8 Å². The minimum atomic E-state index is -0.307. The lowest BCUT2D eigenvalue weighted by molar-refractivity contribution is 0.0802. The normalized spacial score (nSPS) is 17.0. The van der Waals surface area contributed by atoms with Crippen molar-refractivity contribution >= 4 is 11.7 Å². The van der Waals surface area contributed by atoms with E-state index in [9.17, 15) is 4.79 Å². The van der Waals surface area contributed by atoms with Crippen LogP contribution in [-0.4, -0.2) is 21.1 Å². The van der Waals surface area contributed by atoms with Crippen LogP contribution in [0.25, 0.3) is 0 Å². The number of hydrogen-bond donors (Lipinski definition) is 4. The molecule has 0 spiro atoms. The molecular weight excluding hydrogens is 148 g/mol. The third kappa shape index (κ3) is 0.827. The van der Waals surface area contributed by atoms with Crippen molar-refractivity contribution < 1.29 is 4.79 Å². The molecule has 1 aliphatic rings. The third-order valence-electron chi connectivity index (χ3n) is 1.31. The third-order valence-corrected chi connectivity index (χ3v) is 1.31. The molecule has 0 atom stereocenters. The number of hydrazine groups is 3. The molecule has 0 radical (unpaired) electrons. The number of carbonyl (C=O) groups excluding carboxylic acids is 1. The van der Waals surface area contributed by atoms with E-state index in [1.165, 1.54) is 6.33 Å². The van der Waals surface area contributed by atoms with Gasteiger partial charge < -0.3 is 4.98 Å². The summed E-state index contributed by atoms with van der Waals surface area (Å²) in [5.74, 6) is 5.36. The number of rotatable bonds is 0. The summed E-state index contributed by atoms with van der Waals surface area (Å²) < 4.78 is 0. The van der Waals surface area contributed by atoms with Crippen LogP contribution >= 0.6 is 0 Å². The first-order valence-corrected chi connectivity index (χ1v) is 2.93. The van der Waals surface area contributed by atoms with Gasteiger partial charge in [0, 0.05) is 0 Å². The molecule has 0 aromatic carbocycles. The van der Waals surface area contributed by atoms with Crippen LogP contribution in [0, 0.1) is 0 Å². The first-order valence-electron chi connectivity index (χ1n) is 2.93. The molecule has 5 N–H and O–H groups in total. The van der Waals surface area contributed by atoms with Gasteiger partial charge in [-0.15, -0.1) is 0 Å². The van der Waals surface area contributed by atoms with Gasteiger partial charge in [0.15, 0.2) is 11.5 Å². The Morgan fingerprint density at radius 3 is 3.18 bits per heavy atom. The highest BCUT2D eigenvalue weighted by molar-refractivity contribution is 5.97. The highest BCUT2D eigenvalue weighted by atomic mass is 16.2. The molecule has 1 amide bonds. The Kier molecular flexibility index (Phi) is 1.08. The summed E-state index contributed by atoms with van der Waals surface area (Å²) in [7, 11) is 0. The fourth-order valence-corrected chi connectivity index (χ4v) is 0.859. The predicted molar refractivity (Wildman–Crippen MR) is 35.7 cm³/mol. The zero-order valence-corrected chi connectivity index (χ0v) is 5.46. The van der Waals surface area contributed by atoms with Crippen LogP contribution in [-0.2, 0) is 0 Å². The summed E-state index contributed by atoms with van der Waals surface area (Å²) in [6, 6.07) is 0. The quantitative estimate of drug-likeness (QED) is 0.343. The second-order valence-corrected chi connectivity index (χ2v) is 2.05. The molecule has 0 aliphatic carbocycles. The van der Waals surface area contributed by atoms with Crippen LogP contribution in [0.3, 0.4) is 0 Å². The molecule has 2 rings (SSSR count). The molecule has 2 heterocycles. The van der Waals surface area contributed by atoms with Crippen LogP contribution in [0.15, 0.2) is 6.33 Å². The number of imidazole rings is 1. The Hall–Kier alpha value is -1.60. The Balaban J connectivity index is 2.44. The van der Waals surface area contributed by atoms with Gasteiger partial charge >= 0.3 is 0 Å². The van der Waals surface area contributed by atoms with E-state index in [1.807, 2.05) is 0 Å². The first kappa shape index (κ1) is 6.13. The lowest BCUT2D eigenvalue weighted by atomic mass is 10.4. The highest BCUT2D eigenvalue weighted by Gasteiger charge is 2.21. The number of aromatic amines is 1. The highest BCUT2D eigenvalue weighted by Crippen LogP contribution is 2.11. The molecule has 11 heavy (non-hydrogen) atoms. The standard InChI is InChI=1S/C4H6N6O/c5-10-8-3-2(4(11)9-10)6-1-7-3/h1,8H,5H2,(H,6,7)(H,9,11). The van der Waals surface area contributed by atoms with E-state index >= 15 is 0 Å². The molecule has 1 aromatic heterocycles. The molecule has 0 bridgehead atoms. The van der Waals surface area contributed by atoms with E-state index in [0.717, 1.165) is 5.23 Å². The number of anilines is 1. The van der Waals surface area contributed by atoms with Crippen LogP contribution in [0.2, 0.25) is 0 Å². The maximum absolute atomic E-state index is 11.0. The van der Waals surface area contributed by atoms with Crippen LogP contribution in [0.1, 0.15) is 10.5 Å². The number of nitrogens with zero attached hydrogens (tertiary/aromatic N) is 2. The van der Waals surface area contributed by atoms with E-state index in [4.69, 9.17) is 5.84 Å². The summed E-state index contributed by atoms with van der Waals surface area (Å²) in [4.78, 5) is 17.5. The van der Waals surface area contributed by atoms with Gasteiger partial charge in [-0.1, -0.05) is 5.23 Å². The molecule has 1 aromatic rings. The number of hydrogen-bond acceptors (Lipinski definition) is 5. The monoisotopic (exact) mass is 154 g/mol. The SMILES string of the molecule is NN1NC(=O)c2[nH]cnc2N1. The molecule has 1 aliphatic heterocycles. The number of H-pyrrole nitrogens is 1. The predicted octanol–water partition coefficient (Wildman–Crippen LogP) is -1.43. The maximum atomic E-state index is 11.0. The van der Waals surface area contributed by atoms with Crippen molar-refractivity contribution in [1.82, 2.24) is 20.6 Å². The number of amides is 1. The van der Waals surface area contributed by atoms with E-state index in [-0.39, 0.29) is 5.91 Å². The summed E-state index contributed by atoms with van der Waals surface area (Å²) >= 11 is 0. The molecule has 58 valence electrons.